The van der Waals surface area contributed by atoms with Crippen LogP contribution in [-0.2, 0) is 0 Å². The number of aromatic nitrogens is 1. The molecule has 106 valence electrons. The molecule has 0 aromatic carbocycles. The molecular weight excluding hydrogens is 242 g/mol. The molecule has 0 aliphatic heterocycles. The smallest absolute Gasteiger partial charge is 0.272 e. The van der Waals surface area contributed by atoms with Crippen molar-refractivity contribution in [3.63, 3.8) is 0 Å². The van der Waals surface area contributed by atoms with Gasteiger partial charge >= 0.3 is 0 Å². The minimum atomic E-state index is -0.324. The molecular formula is C14H23N3O2. The predicted molar refractivity (Wildman–Crippen MR) is 75.2 cm³/mol. The van der Waals surface area contributed by atoms with Crippen molar-refractivity contribution in [2.75, 3.05) is 20.7 Å². The van der Waals surface area contributed by atoms with Crippen LogP contribution in [0, 0.1) is 0 Å². The van der Waals surface area contributed by atoms with E-state index in [1.54, 1.807) is 32.4 Å². The number of nitrogens with two attached hydrogens (primary N) is 1. The average Bonchev–Trinajstić information content (AvgIpc) is 2.44. The first-order valence-corrected chi connectivity index (χ1v) is 6.51. The Hall–Kier alpha value is -1.62. The second-order valence-electron chi connectivity index (χ2n) is 4.93. The Kier molecular flexibility index (Phi) is 5.30. The van der Waals surface area contributed by atoms with E-state index in [0.29, 0.717) is 18.1 Å². The lowest BCUT2D eigenvalue weighted by molar-refractivity contribution is 0.0821. The quantitative estimate of drug-likeness (QED) is 0.849. The molecule has 0 fully saturated rings. The van der Waals surface area contributed by atoms with Crippen LogP contribution in [0.3, 0.4) is 0 Å². The Balaban J connectivity index is 2.75. The molecule has 1 aromatic heterocycles. The van der Waals surface area contributed by atoms with Gasteiger partial charge in [-0.15, -0.1) is 0 Å². The Labute approximate surface area is 114 Å². The van der Waals surface area contributed by atoms with Gasteiger partial charge in [0.05, 0.1) is 0 Å². The van der Waals surface area contributed by atoms with E-state index in [-0.39, 0.29) is 11.4 Å². The van der Waals surface area contributed by atoms with Gasteiger partial charge in [-0.2, -0.15) is 0 Å². The molecule has 0 atom stereocenters. The number of carbonyl (C=O) groups excluding carboxylic acids is 1. The lowest BCUT2D eigenvalue weighted by Crippen LogP contribution is -2.44. The highest BCUT2D eigenvalue weighted by atomic mass is 16.5. The molecule has 0 radical (unpaired) electrons. The maximum absolute atomic E-state index is 11.8. The predicted octanol–water partition coefficient (Wildman–Crippen LogP) is 1.68. The van der Waals surface area contributed by atoms with E-state index in [1.165, 1.54) is 4.90 Å². The Morgan fingerprint density at radius 2 is 2.05 bits per heavy atom. The van der Waals surface area contributed by atoms with Crippen LogP contribution < -0.4 is 10.5 Å². The second kappa shape index (κ2) is 6.52. The molecule has 2 N–H and O–H groups in total. The summed E-state index contributed by atoms with van der Waals surface area (Å²) in [4.78, 5) is 17.3. The van der Waals surface area contributed by atoms with E-state index in [0.717, 1.165) is 12.8 Å². The van der Waals surface area contributed by atoms with Gasteiger partial charge < -0.3 is 15.4 Å². The van der Waals surface area contributed by atoms with Crippen molar-refractivity contribution in [2.24, 2.45) is 5.73 Å². The fourth-order valence-corrected chi connectivity index (χ4v) is 1.53. The van der Waals surface area contributed by atoms with Gasteiger partial charge in [-0.05, 0) is 18.9 Å². The zero-order valence-electron chi connectivity index (χ0n) is 12.1. The molecule has 0 bridgehead atoms. The zero-order valence-corrected chi connectivity index (χ0v) is 12.1. The summed E-state index contributed by atoms with van der Waals surface area (Å²) >= 11 is 0. The van der Waals surface area contributed by atoms with Gasteiger partial charge in [0.15, 0.2) is 0 Å². The van der Waals surface area contributed by atoms with Crippen LogP contribution in [0.4, 0.5) is 0 Å². The van der Waals surface area contributed by atoms with Crippen molar-refractivity contribution in [3.8, 4) is 5.75 Å². The Morgan fingerprint density at radius 3 is 2.58 bits per heavy atom. The molecule has 0 unspecified atom stereocenters. The second-order valence-corrected chi connectivity index (χ2v) is 4.93. The number of pyridine rings is 1. The fraction of sp³-hybridized carbons (Fsp3) is 0.571. The summed E-state index contributed by atoms with van der Waals surface area (Å²) in [5.74, 6) is 0.479. The van der Waals surface area contributed by atoms with Crippen molar-refractivity contribution in [1.29, 1.82) is 0 Å². The summed E-state index contributed by atoms with van der Waals surface area (Å²) in [6.45, 7) is 4.51. The molecule has 1 rings (SSSR count). The third-order valence-corrected chi connectivity index (χ3v) is 3.29. The number of hydrogen-bond acceptors (Lipinski definition) is 4. The van der Waals surface area contributed by atoms with Crippen LogP contribution in [-0.4, -0.2) is 42.0 Å². The van der Waals surface area contributed by atoms with E-state index in [1.807, 2.05) is 13.8 Å². The third kappa shape index (κ3) is 4.21. The summed E-state index contributed by atoms with van der Waals surface area (Å²) < 4.78 is 5.69. The molecule has 1 heterocycles. The van der Waals surface area contributed by atoms with E-state index in [2.05, 4.69) is 4.98 Å². The number of carbonyl (C=O) groups is 1. The molecule has 5 nitrogen and oxygen atoms in total. The monoisotopic (exact) mass is 265 g/mol. The Morgan fingerprint density at radius 1 is 1.42 bits per heavy atom. The van der Waals surface area contributed by atoms with Gasteiger partial charge in [0, 0.05) is 31.9 Å². The van der Waals surface area contributed by atoms with Gasteiger partial charge in [-0.3, -0.25) is 9.78 Å². The zero-order chi connectivity index (χ0) is 14.5. The molecule has 19 heavy (non-hydrogen) atoms. The van der Waals surface area contributed by atoms with Crippen molar-refractivity contribution >= 4 is 5.91 Å². The SMILES string of the molecule is CCC(N)(CC)COc1ccnc(C(=O)N(C)C)c1. The highest BCUT2D eigenvalue weighted by Crippen LogP contribution is 2.17. The van der Waals surface area contributed by atoms with Gasteiger partial charge in [0.2, 0.25) is 0 Å². The number of nitrogens with zero attached hydrogens (tertiary/aromatic N) is 2. The van der Waals surface area contributed by atoms with Gasteiger partial charge in [0.25, 0.3) is 5.91 Å². The summed E-state index contributed by atoms with van der Waals surface area (Å²) in [7, 11) is 3.38. The number of amides is 1. The molecule has 0 saturated heterocycles. The molecule has 1 aromatic rings. The van der Waals surface area contributed by atoms with Crippen LogP contribution in [0.2, 0.25) is 0 Å². The molecule has 1 amide bonds. The van der Waals surface area contributed by atoms with Crippen LogP contribution in [0.15, 0.2) is 18.3 Å². The molecule has 5 heteroatoms. The first-order valence-electron chi connectivity index (χ1n) is 6.51. The van der Waals surface area contributed by atoms with Crippen molar-refractivity contribution < 1.29 is 9.53 Å². The third-order valence-electron chi connectivity index (χ3n) is 3.29. The van der Waals surface area contributed by atoms with Gasteiger partial charge in [0.1, 0.15) is 18.1 Å². The van der Waals surface area contributed by atoms with Crippen molar-refractivity contribution in [3.05, 3.63) is 24.0 Å². The molecule has 0 saturated carbocycles. The van der Waals surface area contributed by atoms with E-state index in [4.69, 9.17) is 10.5 Å². The summed E-state index contributed by atoms with van der Waals surface area (Å²) in [6, 6.07) is 3.38. The summed E-state index contributed by atoms with van der Waals surface area (Å²) in [5.41, 5.74) is 6.22. The number of rotatable bonds is 6. The first kappa shape index (κ1) is 15.4. The topological polar surface area (TPSA) is 68.5 Å². The standard InChI is InChI=1S/C14H23N3O2/c1-5-14(15,6-2)10-19-11-7-8-16-12(9-11)13(18)17(3)4/h7-9H,5-6,10,15H2,1-4H3. The normalized spacial score (nSPS) is 11.2. The molecule has 0 spiro atoms. The highest BCUT2D eigenvalue weighted by Gasteiger charge is 2.21. The van der Waals surface area contributed by atoms with Crippen LogP contribution >= 0.6 is 0 Å². The maximum Gasteiger partial charge on any atom is 0.272 e. The first-order chi connectivity index (χ1) is 8.91. The van der Waals surface area contributed by atoms with Crippen molar-refractivity contribution in [1.82, 2.24) is 9.88 Å². The minimum absolute atomic E-state index is 0.143. The fourth-order valence-electron chi connectivity index (χ4n) is 1.53. The lowest BCUT2D eigenvalue weighted by Gasteiger charge is -2.26. The van der Waals surface area contributed by atoms with E-state index >= 15 is 0 Å². The number of hydrogen-bond donors (Lipinski definition) is 1. The van der Waals surface area contributed by atoms with Gasteiger partial charge in [-0.25, -0.2) is 0 Å². The summed E-state index contributed by atoms with van der Waals surface area (Å²) in [6.07, 6.45) is 3.26. The van der Waals surface area contributed by atoms with Crippen LogP contribution in [0.25, 0.3) is 0 Å². The minimum Gasteiger partial charge on any atom is -0.492 e. The summed E-state index contributed by atoms with van der Waals surface area (Å²) in [5, 5.41) is 0. The maximum atomic E-state index is 11.8. The largest absolute Gasteiger partial charge is 0.492 e. The Bertz CT molecular complexity index is 428. The van der Waals surface area contributed by atoms with Crippen LogP contribution in [0.1, 0.15) is 37.2 Å². The molecule has 0 aliphatic carbocycles. The van der Waals surface area contributed by atoms with Crippen molar-refractivity contribution in [2.45, 2.75) is 32.2 Å². The average molecular weight is 265 g/mol. The number of ether oxygens (including phenoxy) is 1. The van der Waals surface area contributed by atoms with Gasteiger partial charge in [-0.1, -0.05) is 13.8 Å². The lowest BCUT2D eigenvalue weighted by atomic mass is 9.96. The highest BCUT2D eigenvalue weighted by molar-refractivity contribution is 5.92. The van der Waals surface area contributed by atoms with Crippen LogP contribution in [0.5, 0.6) is 5.75 Å². The molecule has 0 aliphatic rings. The van der Waals surface area contributed by atoms with E-state index in [9.17, 15) is 4.79 Å². The van der Waals surface area contributed by atoms with E-state index < -0.39 is 0 Å².